The summed E-state index contributed by atoms with van der Waals surface area (Å²) in [6.45, 7) is 0. The van der Waals surface area contributed by atoms with Crippen LogP contribution < -0.4 is 4.90 Å². The number of fused-ring (bicyclic) bond motifs is 4. The van der Waals surface area contributed by atoms with Gasteiger partial charge in [-0.1, -0.05) is 146 Å². The van der Waals surface area contributed by atoms with E-state index in [0.717, 1.165) is 44.6 Å². The highest BCUT2D eigenvalue weighted by Gasteiger charge is 2.21. The van der Waals surface area contributed by atoms with Gasteiger partial charge in [0.2, 0.25) is 0 Å². The number of para-hydroxylation sites is 2. The molecule has 9 rings (SSSR count). The molecule has 0 radical (unpaired) electrons. The number of benzene rings is 8. The third-order valence-electron chi connectivity index (χ3n) is 9.28. The maximum Gasteiger partial charge on any atom is 0.137 e. The summed E-state index contributed by atoms with van der Waals surface area (Å²) in [5.74, 6) is 0. The van der Waals surface area contributed by atoms with Crippen LogP contribution in [0.15, 0.2) is 192 Å². The molecule has 8 aromatic carbocycles. The maximum absolute atomic E-state index is 6.41. The van der Waals surface area contributed by atoms with Gasteiger partial charge in [-0.15, -0.1) is 0 Å². The van der Waals surface area contributed by atoms with Crippen molar-refractivity contribution in [3.05, 3.63) is 188 Å². The van der Waals surface area contributed by atoms with Crippen molar-refractivity contribution in [3.63, 3.8) is 0 Å². The first kappa shape index (κ1) is 27.9. The molecule has 0 aliphatic heterocycles. The van der Waals surface area contributed by atoms with Gasteiger partial charge in [0.05, 0.1) is 5.69 Å². The average molecular weight is 614 g/mol. The zero-order valence-electron chi connectivity index (χ0n) is 26.3. The lowest BCUT2D eigenvalue weighted by Gasteiger charge is -2.29. The van der Waals surface area contributed by atoms with E-state index >= 15 is 0 Å². The molecule has 0 N–H and O–H groups in total. The Bertz CT molecular complexity index is 2580. The highest BCUT2D eigenvalue weighted by Crippen LogP contribution is 2.46. The van der Waals surface area contributed by atoms with E-state index in [-0.39, 0.29) is 0 Å². The summed E-state index contributed by atoms with van der Waals surface area (Å²) in [5.41, 5.74) is 12.1. The molecule has 0 saturated carbocycles. The van der Waals surface area contributed by atoms with Gasteiger partial charge < -0.3 is 9.32 Å². The Morgan fingerprint density at radius 1 is 0.333 bits per heavy atom. The Hall–Kier alpha value is -6.38. The zero-order valence-corrected chi connectivity index (χ0v) is 26.3. The van der Waals surface area contributed by atoms with E-state index < -0.39 is 0 Å². The van der Waals surface area contributed by atoms with Crippen LogP contribution in [0.5, 0.6) is 0 Å². The summed E-state index contributed by atoms with van der Waals surface area (Å²) in [5, 5.41) is 4.65. The molecule has 2 heteroatoms. The van der Waals surface area contributed by atoms with Gasteiger partial charge in [-0.25, -0.2) is 0 Å². The monoisotopic (exact) mass is 613 g/mol. The van der Waals surface area contributed by atoms with Crippen LogP contribution in [0, 0.1) is 0 Å². The van der Waals surface area contributed by atoms with Crippen LogP contribution in [0.1, 0.15) is 0 Å². The van der Waals surface area contributed by atoms with E-state index in [1.165, 1.54) is 38.6 Å². The van der Waals surface area contributed by atoms with Gasteiger partial charge in [-0.05, 0) is 75.0 Å². The fourth-order valence-electron chi connectivity index (χ4n) is 7.03. The lowest BCUT2D eigenvalue weighted by molar-refractivity contribution is 0.669. The van der Waals surface area contributed by atoms with E-state index in [1.807, 2.05) is 12.1 Å². The molecule has 0 unspecified atom stereocenters. The van der Waals surface area contributed by atoms with Gasteiger partial charge in [0.25, 0.3) is 0 Å². The van der Waals surface area contributed by atoms with E-state index in [4.69, 9.17) is 4.42 Å². The molecule has 0 spiro atoms. The lowest BCUT2D eigenvalue weighted by Crippen LogP contribution is -2.11. The summed E-state index contributed by atoms with van der Waals surface area (Å²) in [7, 11) is 0. The Balaban J connectivity index is 1.27. The van der Waals surface area contributed by atoms with Gasteiger partial charge in [-0.3, -0.25) is 0 Å². The third-order valence-corrected chi connectivity index (χ3v) is 9.28. The maximum atomic E-state index is 6.41. The van der Waals surface area contributed by atoms with Gasteiger partial charge in [0.15, 0.2) is 0 Å². The van der Waals surface area contributed by atoms with Gasteiger partial charge in [0.1, 0.15) is 11.2 Å². The van der Waals surface area contributed by atoms with E-state index in [2.05, 4.69) is 181 Å². The summed E-state index contributed by atoms with van der Waals surface area (Å²) < 4.78 is 6.41. The summed E-state index contributed by atoms with van der Waals surface area (Å²) in [6, 6.07) is 67.0. The molecule has 1 heterocycles. The quantitative estimate of drug-likeness (QED) is 0.185. The number of furan rings is 1. The normalized spacial score (nSPS) is 11.3. The fraction of sp³-hybridized carbons (Fsp3) is 0. The Labute approximate surface area is 279 Å². The predicted octanol–water partition coefficient (Wildman–Crippen LogP) is 13.2. The molecule has 2 nitrogen and oxygen atoms in total. The molecule has 9 aromatic rings. The third kappa shape index (κ3) is 4.83. The Kier molecular flexibility index (Phi) is 6.84. The molecule has 48 heavy (non-hydrogen) atoms. The number of hydrogen-bond acceptors (Lipinski definition) is 2. The van der Waals surface area contributed by atoms with Crippen molar-refractivity contribution in [1.82, 2.24) is 0 Å². The molecular weight excluding hydrogens is 583 g/mol. The highest BCUT2D eigenvalue weighted by atomic mass is 16.3. The topological polar surface area (TPSA) is 16.4 Å². The second-order valence-corrected chi connectivity index (χ2v) is 12.1. The van der Waals surface area contributed by atoms with Gasteiger partial charge in [-0.2, -0.15) is 0 Å². The van der Waals surface area contributed by atoms with Gasteiger partial charge in [0, 0.05) is 33.8 Å². The van der Waals surface area contributed by atoms with Crippen molar-refractivity contribution in [2.45, 2.75) is 0 Å². The Morgan fingerprint density at radius 2 is 0.875 bits per heavy atom. The summed E-state index contributed by atoms with van der Waals surface area (Å²) in [6.07, 6.45) is 0. The molecule has 226 valence electrons. The largest absolute Gasteiger partial charge is 0.456 e. The first-order valence-corrected chi connectivity index (χ1v) is 16.4. The van der Waals surface area contributed by atoms with Crippen LogP contribution in [0.4, 0.5) is 17.1 Å². The number of anilines is 3. The van der Waals surface area contributed by atoms with Crippen molar-refractivity contribution >= 4 is 49.8 Å². The summed E-state index contributed by atoms with van der Waals surface area (Å²) >= 11 is 0. The van der Waals surface area contributed by atoms with Crippen molar-refractivity contribution in [2.75, 3.05) is 4.90 Å². The van der Waals surface area contributed by atoms with Crippen molar-refractivity contribution in [3.8, 4) is 33.4 Å². The number of rotatable bonds is 6. The SMILES string of the molecule is c1ccc(-c2ccccc2-c2ccccc2-c2ccccc2N(c2ccc3ccccc3c2)c2ccc3c(c2)oc2ccccc23)cc1. The predicted molar refractivity (Wildman–Crippen MR) is 202 cm³/mol. The smallest absolute Gasteiger partial charge is 0.137 e. The second kappa shape index (κ2) is 11.8. The van der Waals surface area contributed by atoms with Crippen LogP contribution in [-0.4, -0.2) is 0 Å². The molecule has 0 saturated heterocycles. The van der Waals surface area contributed by atoms with E-state index in [0.29, 0.717) is 0 Å². The minimum Gasteiger partial charge on any atom is -0.456 e. The zero-order chi connectivity index (χ0) is 31.9. The Morgan fingerprint density at radius 3 is 1.69 bits per heavy atom. The first-order chi connectivity index (χ1) is 23.8. The fourth-order valence-corrected chi connectivity index (χ4v) is 7.03. The minimum absolute atomic E-state index is 0.870. The highest BCUT2D eigenvalue weighted by molar-refractivity contribution is 6.07. The molecular formula is C46H31NO. The van der Waals surface area contributed by atoms with Crippen LogP contribution in [0.25, 0.3) is 66.1 Å². The molecule has 0 amide bonds. The molecule has 0 atom stereocenters. The van der Waals surface area contributed by atoms with E-state index in [9.17, 15) is 0 Å². The van der Waals surface area contributed by atoms with Crippen LogP contribution in [0.3, 0.4) is 0 Å². The van der Waals surface area contributed by atoms with E-state index in [1.54, 1.807) is 0 Å². The lowest BCUT2D eigenvalue weighted by atomic mass is 9.88. The van der Waals surface area contributed by atoms with Crippen molar-refractivity contribution in [2.24, 2.45) is 0 Å². The van der Waals surface area contributed by atoms with Crippen molar-refractivity contribution < 1.29 is 4.42 Å². The molecule has 0 fully saturated rings. The molecule has 0 aliphatic rings. The van der Waals surface area contributed by atoms with Crippen LogP contribution in [-0.2, 0) is 0 Å². The molecule has 1 aromatic heterocycles. The van der Waals surface area contributed by atoms with Crippen LogP contribution in [0.2, 0.25) is 0 Å². The average Bonchev–Trinajstić information content (AvgIpc) is 3.53. The number of nitrogens with zero attached hydrogens (tertiary/aromatic N) is 1. The second-order valence-electron chi connectivity index (χ2n) is 12.1. The minimum atomic E-state index is 0.870. The molecule has 0 aliphatic carbocycles. The first-order valence-electron chi connectivity index (χ1n) is 16.4. The van der Waals surface area contributed by atoms with Gasteiger partial charge >= 0.3 is 0 Å². The summed E-state index contributed by atoms with van der Waals surface area (Å²) in [4.78, 5) is 2.37. The van der Waals surface area contributed by atoms with Crippen LogP contribution >= 0.6 is 0 Å². The number of hydrogen-bond donors (Lipinski definition) is 0. The molecule has 0 bridgehead atoms. The standard InChI is InChI=1S/C46H31NO/c1-2-15-33(16-3-1)37-18-6-7-19-38(37)39-20-8-9-21-40(39)41-22-10-12-24-44(41)47(35-27-26-32-14-4-5-17-34(32)30-35)36-28-29-43-42-23-11-13-25-45(42)48-46(43)31-36/h1-31H. The van der Waals surface area contributed by atoms with Crippen molar-refractivity contribution in [1.29, 1.82) is 0 Å².